The minimum atomic E-state index is -3.55. The highest BCUT2D eigenvalue weighted by molar-refractivity contribution is 9.18. The summed E-state index contributed by atoms with van der Waals surface area (Å²) in [6.45, 7) is 0.538. The summed E-state index contributed by atoms with van der Waals surface area (Å²) in [5, 5.41) is 39.7. The van der Waals surface area contributed by atoms with E-state index in [0.717, 1.165) is 0 Å². The fraction of sp³-hybridized carbons (Fsp3) is 0.636. The molecule has 20 heavy (non-hydrogen) atoms. The van der Waals surface area contributed by atoms with Crippen LogP contribution < -0.4 is 0 Å². The Kier molecular flexibility index (Phi) is 5.49. The maximum absolute atomic E-state index is 11.7. The molecule has 0 heterocycles. The predicted octanol–water partition coefficient (Wildman–Crippen LogP) is -2.14. The van der Waals surface area contributed by atoms with Gasteiger partial charge >= 0.3 is 0 Å². The molecule has 0 bridgehead atoms. The van der Waals surface area contributed by atoms with Crippen molar-refractivity contribution in [3.05, 3.63) is 0 Å². The van der Waals surface area contributed by atoms with Crippen LogP contribution in [-0.4, -0.2) is 65.9 Å². The Hall–Kier alpha value is -1.00. The number of hydrogen-bond acceptors (Lipinski definition) is 8. The molecule has 114 valence electrons. The highest BCUT2D eigenvalue weighted by Crippen LogP contribution is 2.38. The molecule has 0 saturated heterocycles. The molecule has 0 aromatic heterocycles. The van der Waals surface area contributed by atoms with Crippen molar-refractivity contribution in [1.29, 1.82) is 0 Å². The number of ketones is 3. The number of carbonyl (C=O) groups is 4. The van der Waals surface area contributed by atoms with Crippen LogP contribution >= 0.6 is 15.9 Å². The normalized spacial score (nSPS) is 20.2. The standard InChI is InChI=1S/C11H15BrO8/c1-5(14)9(18,4-13)11(20,7(3)16)10(19,6(2)15)8(12)17/h13,18-20H,4H2,1-3H3/t9-,10-,11-/m0/s1. The Morgan fingerprint density at radius 3 is 1.45 bits per heavy atom. The van der Waals surface area contributed by atoms with Gasteiger partial charge in [0.25, 0.3) is 0 Å². The van der Waals surface area contributed by atoms with Crippen LogP contribution in [0.2, 0.25) is 0 Å². The van der Waals surface area contributed by atoms with Gasteiger partial charge in [-0.1, -0.05) is 0 Å². The van der Waals surface area contributed by atoms with Gasteiger partial charge in [0.15, 0.2) is 23.0 Å². The smallest absolute Gasteiger partial charge is 0.240 e. The quantitative estimate of drug-likeness (QED) is 0.299. The number of aliphatic hydroxyl groups is 4. The first-order chi connectivity index (χ1) is 8.83. The fourth-order valence-electron chi connectivity index (χ4n) is 1.86. The van der Waals surface area contributed by atoms with Crippen molar-refractivity contribution in [3.8, 4) is 0 Å². The highest BCUT2D eigenvalue weighted by Gasteiger charge is 2.71. The molecule has 0 spiro atoms. The summed E-state index contributed by atoms with van der Waals surface area (Å²) in [6, 6.07) is 0. The van der Waals surface area contributed by atoms with Gasteiger partial charge in [-0.2, -0.15) is 0 Å². The summed E-state index contributed by atoms with van der Waals surface area (Å²) in [5.74, 6) is -4.16. The van der Waals surface area contributed by atoms with Crippen LogP contribution in [0.1, 0.15) is 20.8 Å². The molecule has 3 atom stereocenters. The van der Waals surface area contributed by atoms with Gasteiger partial charge in [-0.05, 0) is 36.7 Å². The lowest BCUT2D eigenvalue weighted by Gasteiger charge is -2.45. The fourth-order valence-corrected chi connectivity index (χ4v) is 2.43. The van der Waals surface area contributed by atoms with Gasteiger partial charge in [0.1, 0.15) is 0 Å². The second-order valence-electron chi connectivity index (χ2n) is 4.38. The molecule has 4 N–H and O–H groups in total. The van der Waals surface area contributed by atoms with Crippen LogP contribution in [0.4, 0.5) is 0 Å². The molecular formula is C11H15BrO8. The molecule has 0 amide bonds. The van der Waals surface area contributed by atoms with Gasteiger partial charge in [-0.3, -0.25) is 19.2 Å². The molecule has 0 aliphatic rings. The van der Waals surface area contributed by atoms with E-state index in [1.165, 1.54) is 0 Å². The molecule has 0 unspecified atom stereocenters. The Labute approximate surface area is 122 Å². The molecule has 9 heteroatoms. The average molecular weight is 355 g/mol. The number of halogens is 1. The van der Waals surface area contributed by atoms with E-state index in [-0.39, 0.29) is 0 Å². The number of Topliss-reactive ketones (excluding diaryl/α,β-unsaturated/α-hetero) is 3. The number of carbonyl (C=O) groups excluding carboxylic acids is 4. The molecule has 8 nitrogen and oxygen atoms in total. The molecule has 0 fully saturated rings. The Morgan fingerprint density at radius 2 is 1.30 bits per heavy atom. The molecule has 0 rings (SSSR count). The van der Waals surface area contributed by atoms with Gasteiger partial charge in [0.05, 0.1) is 6.61 Å². The van der Waals surface area contributed by atoms with Crippen LogP contribution in [0, 0.1) is 0 Å². The van der Waals surface area contributed by atoms with E-state index >= 15 is 0 Å². The second-order valence-corrected chi connectivity index (χ2v) is 5.10. The van der Waals surface area contributed by atoms with Gasteiger partial charge in [0.2, 0.25) is 15.9 Å². The van der Waals surface area contributed by atoms with Gasteiger partial charge in [0, 0.05) is 0 Å². The van der Waals surface area contributed by atoms with Gasteiger partial charge < -0.3 is 20.4 Å². The van der Waals surface area contributed by atoms with Crippen LogP contribution in [0.25, 0.3) is 0 Å². The minimum Gasteiger partial charge on any atom is -0.393 e. The zero-order valence-corrected chi connectivity index (χ0v) is 12.6. The Morgan fingerprint density at radius 1 is 0.900 bits per heavy atom. The van der Waals surface area contributed by atoms with Crippen LogP contribution in [0.3, 0.4) is 0 Å². The van der Waals surface area contributed by atoms with E-state index in [0.29, 0.717) is 20.8 Å². The first kappa shape index (κ1) is 19.0. The molecule has 0 saturated carbocycles. The molecular weight excluding hydrogens is 340 g/mol. The maximum atomic E-state index is 11.7. The van der Waals surface area contributed by atoms with E-state index in [1.54, 1.807) is 0 Å². The second kappa shape index (κ2) is 5.78. The third-order valence-corrected chi connectivity index (χ3v) is 3.81. The lowest BCUT2D eigenvalue weighted by Crippen LogP contribution is -2.78. The highest BCUT2D eigenvalue weighted by atomic mass is 79.9. The lowest BCUT2D eigenvalue weighted by molar-refractivity contribution is -0.229. The third kappa shape index (κ3) is 2.25. The number of aliphatic hydroxyl groups excluding tert-OH is 1. The van der Waals surface area contributed by atoms with Crippen molar-refractivity contribution >= 4 is 38.0 Å². The van der Waals surface area contributed by atoms with Crippen molar-refractivity contribution in [2.45, 2.75) is 37.6 Å². The first-order valence-corrected chi connectivity index (χ1v) is 6.14. The van der Waals surface area contributed by atoms with Crippen LogP contribution in [0.5, 0.6) is 0 Å². The van der Waals surface area contributed by atoms with Gasteiger partial charge in [-0.15, -0.1) is 0 Å². The van der Waals surface area contributed by atoms with E-state index in [9.17, 15) is 34.5 Å². The summed E-state index contributed by atoms with van der Waals surface area (Å²) in [6.07, 6.45) is 0. The summed E-state index contributed by atoms with van der Waals surface area (Å²) < 4.78 is -1.54. The zero-order valence-electron chi connectivity index (χ0n) is 11.0. The third-order valence-electron chi connectivity index (χ3n) is 3.24. The Bertz CT molecular complexity index is 459. The summed E-state index contributed by atoms with van der Waals surface area (Å²) in [4.78, 5) is 46.1. The topological polar surface area (TPSA) is 149 Å². The molecule has 0 aromatic carbocycles. The van der Waals surface area contributed by atoms with Crippen LogP contribution in [0.15, 0.2) is 0 Å². The van der Waals surface area contributed by atoms with E-state index < -0.39 is 45.5 Å². The predicted molar refractivity (Wildman–Crippen MR) is 67.9 cm³/mol. The maximum Gasteiger partial charge on any atom is 0.240 e. The average Bonchev–Trinajstić information content (AvgIpc) is 2.34. The Balaban J connectivity index is 6.66. The van der Waals surface area contributed by atoms with Crippen molar-refractivity contribution in [2.75, 3.05) is 6.61 Å². The van der Waals surface area contributed by atoms with E-state index in [4.69, 9.17) is 5.11 Å². The SMILES string of the molecule is CC(=O)[C@](O)(C(=O)Br)[C@](O)(C(C)=O)[C@](O)(CO)C(C)=O. The van der Waals surface area contributed by atoms with Crippen molar-refractivity contribution in [2.24, 2.45) is 0 Å². The van der Waals surface area contributed by atoms with E-state index in [1.807, 2.05) is 0 Å². The summed E-state index contributed by atoms with van der Waals surface area (Å²) >= 11 is 2.25. The van der Waals surface area contributed by atoms with Crippen molar-refractivity contribution in [1.82, 2.24) is 0 Å². The van der Waals surface area contributed by atoms with Gasteiger partial charge in [-0.25, -0.2) is 0 Å². The molecule has 0 aliphatic carbocycles. The van der Waals surface area contributed by atoms with E-state index in [2.05, 4.69) is 15.9 Å². The first-order valence-electron chi connectivity index (χ1n) is 5.35. The van der Waals surface area contributed by atoms with Crippen molar-refractivity contribution < 1.29 is 39.6 Å². The minimum absolute atomic E-state index is 0.646. The summed E-state index contributed by atoms with van der Waals surface area (Å²) in [7, 11) is 0. The van der Waals surface area contributed by atoms with Crippen LogP contribution in [-0.2, 0) is 19.2 Å². The monoisotopic (exact) mass is 354 g/mol. The lowest BCUT2D eigenvalue weighted by atomic mass is 9.66. The number of rotatable bonds is 7. The molecule has 0 aromatic rings. The zero-order chi connectivity index (χ0) is 16.5. The largest absolute Gasteiger partial charge is 0.393 e. The number of hydrogen-bond donors (Lipinski definition) is 4. The molecule has 0 radical (unpaired) electrons. The molecule has 0 aliphatic heterocycles. The summed E-state index contributed by atoms with van der Waals surface area (Å²) in [5.41, 5.74) is -10.2. The van der Waals surface area contributed by atoms with Crippen molar-refractivity contribution in [3.63, 3.8) is 0 Å².